The summed E-state index contributed by atoms with van der Waals surface area (Å²) in [4.78, 5) is 2.83. The summed E-state index contributed by atoms with van der Waals surface area (Å²) < 4.78 is 0. The number of rotatable bonds is 6. The monoisotopic (exact) mass is 280 g/mol. The molecular weight excluding hydrogens is 244 g/mol. The van der Waals surface area contributed by atoms with Gasteiger partial charge in [-0.05, 0) is 57.0 Å². The van der Waals surface area contributed by atoms with Crippen molar-refractivity contribution in [3.63, 3.8) is 0 Å². The molecule has 0 amide bonds. The van der Waals surface area contributed by atoms with Crippen molar-refractivity contribution < 1.29 is 0 Å². The first-order valence-corrected chi connectivity index (χ1v) is 9.18. The highest BCUT2D eigenvalue weighted by Crippen LogP contribution is 2.32. The molecule has 118 valence electrons. The van der Waals surface area contributed by atoms with E-state index >= 15 is 0 Å². The fourth-order valence-corrected chi connectivity index (χ4v) is 4.21. The lowest BCUT2D eigenvalue weighted by Gasteiger charge is -2.41. The highest BCUT2D eigenvalue weighted by Gasteiger charge is 2.29. The molecule has 1 heterocycles. The molecule has 2 rings (SSSR count). The van der Waals surface area contributed by atoms with Gasteiger partial charge in [-0.25, -0.2) is 0 Å². The minimum Gasteiger partial charge on any atom is -0.313 e. The van der Waals surface area contributed by atoms with Crippen LogP contribution in [0.25, 0.3) is 0 Å². The standard InChI is InChI=1S/C18H36N2/c1-4-12-20(14-17-9-5-6-11-19-17)18-10-7-8-16(13-18)15(2)3/h15-19H,4-14H2,1-3H3. The molecule has 2 fully saturated rings. The van der Waals surface area contributed by atoms with Gasteiger partial charge in [-0.2, -0.15) is 0 Å². The van der Waals surface area contributed by atoms with Crippen LogP contribution in [0.1, 0.15) is 72.1 Å². The third-order valence-electron chi connectivity index (χ3n) is 5.52. The van der Waals surface area contributed by atoms with Crippen molar-refractivity contribution in [2.24, 2.45) is 11.8 Å². The second kappa shape index (κ2) is 8.38. The summed E-state index contributed by atoms with van der Waals surface area (Å²) >= 11 is 0. The molecule has 1 N–H and O–H groups in total. The van der Waals surface area contributed by atoms with Gasteiger partial charge in [0, 0.05) is 18.6 Å². The van der Waals surface area contributed by atoms with Crippen LogP contribution in [-0.4, -0.2) is 36.6 Å². The Kier molecular flexibility index (Phi) is 6.83. The fourth-order valence-electron chi connectivity index (χ4n) is 4.21. The van der Waals surface area contributed by atoms with Gasteiger partial charge in [0.1, 0.15) is 0 Å². The molecule has 1 saturated heterocycles. The lowest BCUT2D eigenvalue weighted by Crippen LogP contribution is -2.49. The van der Waals surface area contributed by atoms with Crippen molar-refractivity contribution in [2.45, 2.75) is 84.2 Å². The zero-order valence-electron chi connectivity index (χ0n) is 14.0. The minimum absolute atomic E-state index is 0.759. The molecule has 3 atom stereocenters. The lowest BCUT2D eigenvalue weighted by atomic mass is 9.78. The van der Waals surface area contributed by atoms with Gasteiger partial charge in [-0.15, -0.1) is 0 Å². The van der Waals surface area contributed by atoms with Crippen LogP contribution < -0.4 is 5.32 Å². The van der Waals surface area contributed by atoms with Crippen molar-refractivity contribution in [2.75, 3.05) is 19.6 Å². The second-order valence-corrected chi connectivity index (χ2v) is 7.47. The molecule has 0 bridgehead atoms. The summed E-state index contributed by atoms with van der Waals surface area (Å²) in [7, 11) is 0. The van der Waals surface area contributed by atoms with Crippen molar-refractivity contribution in [3.8, 4) is 0 Å². The maximum atomic E-state index is 3.74. The molecule has 0 aromatic rings. The van der Waals surface area contributed by atoms with Crippen molar-refractivity contribution in [1.82, 2.24) is 10.2 Å². The first kappa shape index (κ1) is 16.3. The quantitative estimate of drug-likeness (QED) is 0.789. The van der Waals surface area contributed by atoms with Gasteiger partial charge in [0.15, 0.2) is 0 Å². The molecule has 2 aliphatic rings. The van der Waals surface area contributed by atoms with Crippen molar-refractivity contribution >= 4 is 0 Å². The third kappa shape index (κ3) is 4.73. The van der Waals surface area contributed by atoms with Crippen LogP contribution in [-0.2, 0) is 0 Å². The predicted molar refractivity (Wildman–Crippen MR) is 88.1 cm³/mol. The summed E-state index contributed by atoms with van der Waals surface area (Å²) in [5.41, 5.74) is 0. The Hall–Kier alpha value is -0.0800. The largest absolute Gasteiger partial charge is 0.313 e. The minimum atomic E-state index is 0.759. The summed E-state index contributed by atoms with van der Waals surface area (Å²) in [6.07, 6.45) is 11.3. The smallest absolute Gasteiger partial charge is 0.0195 e. The molecule has 1 aliphatic heterocycles. The van der Waals surface area contributed by atoms with Crippen molar-refractivity contribution in [1.29, 1.82) is 0 Å². The Bertz CT molecular complexity index is 258. The van der Waals surface area contributed by atoms with E-state index in [2.05, 4.69) is 31.0 Å². The van der Waals surface area contributed by atoms with E-state index in [4.69, 9.17) is 0 Å². The van der Waals surface area contributed by atoms with Crippen LogP contribution in [0.3, 0.4) is 0 Å². The molecule has 0 aromatic heterocycles. The Labute approximate surface area is 126 Å². The van der Waals surface area contributed by atoms with Crippen LogP contribution >= 0.6 is 0 Å². The molecule has 1 aliphatic carbocycles. The lowest BCUT2D eigenvalue weighted by molar-refractivity contribution is 0.0995. The molecule has 2 heteroatoms. The highest BCUT2D eigenvalue weighted by atomic mass is 15.2. The van der Waals surface area contributed by atoms with Gasteiger partial charge in [-0.3, -0.25) is 4.90 Å². The molecule has 2 nitrogen and oxygen atoms in total. The number of piperidine rings is 1. The Morgan fingerprint density at radius 2 is 1.95 bits per heavy atom. The van der Waals surface area contributed by atoms with E-state index in [1.165, 1.54) is 71.0 Å². The average Bonchev–Trinajstić information content (AvgIpc) is 2.48. The van der Waals surface area contributed by atoms with Crippen LogP contribution in [0.2, 0.25) is 0 Å². The maximum Gasteiger partial charge on any atom is 0.0195 e. The predicted octanol–water partition coefficient (Wildman–Crippen LogP) is 4.06. The normalized spacial score (nSPS) is 31.9. The Morgan fingerprint density at radius 3 is 2.60 bits per heavy atom. The van der Waals surface area contributed by atoms with Crippen LogP contribution in [0.15, 0.2) is 0 Å². The first-order chi connectivity index (χ1) is 9.70. The molecular formula is C18H36N2. The topological polar surface area (TPSA) is 15.3 Å². The molecule has 1 saturated carbocycles. The van der Waals surface area contributed by atoms with Crippen LogP contribution in [0.4, 0.5) is 0 Å². The van der Waals surface area contributed by atoms with E-state index in [0.29, 0.717) is 0 Å². The summed E-state index contributed by atoms with van der Waals surface area (Å²) in [6.45, 7) is 11.0. The second-order valence-electron chi connectivity index (χ2n) is 7.47. The van der Waals surface area contributed by atoms with Gasteiger partial charge in [0.05, 0.1) is 0 Å². The van der Waals surface area contributed by atoms with Gasteiger partial charge in [-0.1, -0.05) is 40.0 Å². The highest BCUT2D eigenvalue weighted by molar-refractivity contribution is 4.85. The third-order valence-corrected chi connectivity index (χ3v) is 5.52. The molecule has 0 aromatic carbocycles. The Morgan fingerprint density at radius 1 is 1.10 bits per heavy atom. The van der Waals surface area contributed by atoms with Gasteiger partial charge in [0.25, 0.3) is 0 Å². The summed E-state index contributed by atoms with van der Waals surface area (Å²) in [6, 6.07) is 1.62. The first-order valence-electron chi connectivity index (χ1n) is 9.18. The number of nitrogens with zero attached hydrogens (tertiary/aromatic N) is 1. The van der Waals surface area contributed by atoms with Gasteiger partial charge < -0.3 is 5.32 Å². The SMILES string of the molecule is CCCN(CC1CCCCN1)C1CCCC(C(C)C)C1. The molecule has 3 unspecified atom stereocenters. The molecule has 0 spiro atoms. The van der Waals surface area contributed by atoms with E-state index in [9.17, 15) is 0 Å². The van der Waals surface area contributed by atoms with E-state index in [0.717, 1.165) is 23.9 Å². The van der Waals surface area contributed by atoms with Gasteiger partial charge >= 0.3 is 0 Å². The van der Waals surface area contributed by atoms with Crippen molar-refractivity contribution in [3.05, 3.63) is 0 Å². The summed E-state index contributed by atoms with van der Waals surface area (Å²) in [5, 5.41) is 3.74. The van der Waals surface area contributed by atoms with E-state index in [-0.39, 0.29) is 0 Å². The average molecular weight is 280 g/mol. The number of hydrogen-bond donors (Lipinski definition) is 1. The fraction of sp³-hybridized carbons (Fsp3) is 1.00. The van der Waals surface area contributed by atoms with Crippen LogP contribution in [0.5, 0.6) is 0 Å². The summed E-state index contributed by atoms with van der Waals surface area (Å²) in [5.74, 6) is 1.83. The van der Waals surface area contributed by atoms with E-state index < -0.39 is 0 Å². The molecule has 0 radical (unpaired) electrons. The van der Waals surface area contributed by atoms with E-state index in [1.54, 1.807) is 0 Å². The van der Waals surface area contributed by atoms with Crippen LogP contribution in [0, 0.1) is 11.8 Å². The Balaban J connectivity index is 1.88. The maximum absolute atomic E-state index is 3.74. The number of hydrogen-bond acceptors (Lipinski definition) is 2. The zero-order chi connectivity index (χ0) is 14.4. The van der Waals surface area contributed by atoms with E-state index in [1.807, 2.05) is 0 Å². The van der Waals surface area contributed by atoms with Gasteiger partial charge in [0.2, 0.25) is 0 Å². The zero-order valence-corrected chi connectivity index (χ0v) is 14.0. The number of nitrogens with one attached hydrogen (secondary N) is 1. The molecule has 20 heavy (non-hydrogen) atoms.